The molecule has 0 heterocycles. The predicted octanol–water partition coefficient (Wildman–Crippen LogP) is 3.62. The van der Waals surface area contributed by atoms with Crippen LogP contribution in [0, 0.1) is 16.7 Å². The van der Waals surface area contributed by atoms with Gasteiger partial charge in [0.05, 0.1) is 12.7 Å². The van der Waals surface area contributed by atoms with Crippen molar-refractivity contribution in [2.45, 2.75) is 24.9 Å². The van der Waals surface area contributed by atoms with Crippen molar-refractivity contribution in [3.8, 4) is 6.07 Å². The molecule has 0 N–H and O–H groups in total. The maximum Gasteiger partial charge on any atom is 0.400 e. The number of hydrogen-bond acceptors (Lipinski definition) is 3. The van der Waals surface area contributed by atoms with Crippen LogP contribution in [-0.2, 0) is 14.9 Å². The van der Waals surface area contributed by atoms with Gasteiger partial charge in [-0.2, -0.15) is 18.4 Å². The van der Waals surface area contributed by atoms with E-state index in [1.54, 1.807) is 0 Å². The fourth-order valence-electron chi connectivity index (χ4n) is 2.64. The van der Waals surface area contributed by atoms with Crippen LogP contribution in [0.3, 0.4) is 0 Å². The fraction of sp³-hybridized carbons (Fsp3) is 0.429. The minimum absolute atomic E-state index is 0.0915. The Morgan fingerprint density at radius 2 is 2.19 bits per heavy atom. The number of carbonyl (C=O) groups is 1. The number of nitriles is 1. The molecule has 0 aromatic heterocycles. The summed E-state index contributed by atoms with van der Waals surface area (Å²) < 4.78 is 45.4. The smallest absolute Gasteiger partial charge is 0.400 e. The maximum absolute atomic E-state index is 13.6. The third-order valence-electron chi connectivity index (χ3n) is 3.75. The molecule has 2 atom stereocenters. The second kappa shape index (κ2) is 4.92. The van der Waals surface area contributed by atoms with Crippen LogP contribution in [0.15, 0.2) is 24.3 Å². The molecule has 1 aromatic rings. The second-order valence-corrected chi connectivity index (χ2v) is 5.26. The lowest BCUT2D eigenvalue weighted by Gasteiger charge is -2.24. The molecule has 1 aliphatic rings. The largest absolute Gasteiger partial charge is 0.465 e. The fourth-order valence-corrected chi connectivity index (χ4v) is 2.83. The average molecular weight is 318 g/mol. The molecule has 1 saturated carbocycles. The van der Waals surface area contributed by atoms with Crippen molar-refractivity contribution in [2.75, 3.05) is 6.61 Å². The van der Waals surface area contributed by atoms with E-state index in [1.807, 2.05) is 0 Å². The summed E-state index contributed by atoms with van der Waals surface area (Å²) in [5.41, 5.74) is -5.00. The Bertz CT molecular complexity index is 625. The van der Waals surface area contributed by atoms with E-state index in [-0.39, 0.29) is 17.2 Å². The molecule has 0 amide bonds. The highest BCUT2D eigenvalue weighted by Crippen LogP contribution is 2.72. The zero-order chi connectivity index (χ0) is 15.9. The second-order valence-electron chi connectivity index (χ2n) is 4.83. The molecule has 0 spiro atoms. The van der Waals surface area contributed by atoms with Gasteiger partial charge in [0.25, 0.3) is 0 Å². The average Bonchev–Trinajstić information content (AvgIpc) is 3.11. The van der Waals surface area contributed by atoms with E-state index >= 15 is 0 Å². The molecule has 1 aliphatic carbocycles. The van der Waals surface area contributed by atoms with Crippen molar-refractivity contribution in [3.05, 3.63) is 34.9 Å². The number of rotatable bonds is 3. The summed E-state index contributed by atoms with van der Waals surface area (Å²) in [5.74, 6) is -1.15. The predicted molar refractivity (Wildman–Crippen MR) is 68.5 cm³/mol. The van der Waals surface area contributed by atoms with E-state index in [4.69, 9.17) is 11.6 Å². The standard InChI is InChI=1S/C14H11ClF3NO2/c1-2-21-11(20)12(8-19)7-13(12,14(16,17)18)9-4-3-5-10(15)6-9/h3-6H,2,7H2,1H3/t12-,13-/m1/s1. The highest BCUT2D eigenvalue weighted by atomic mass is 35.5. The third-order valence-corrected chi connectivity index (χ3v) is 3.99. The summed E-state index contributed by atoms with van der Waals surface area (Å²) in [4.78, 5) is 11.9. The molecule has 7 heteroatoms. The Balaban J connectivity index is 2.59. The summed E-state index contributed by atoms with van der Waals surface area (Å²) in [6.07, 6.45) is -5.42. The first kappa shape index (κ1) is 15.6. The molecule has 2 rings (SSSR count). The zero-order valence-electron chi connectivity index (χ0n) is 11.0. The lowest BCUT2D eigenvalue weighted by molar-refractivity contribution is -0.177. The van der Waals surface area contributed by atoms with E-state index in [0.29, 0.717) is 0 Å². The maximum atomic E-state index is 13.6. The summed E-state index contributed by atoms with van der Waals surface area (Å²) in [6, 6.07) is 6.65. The first-order valence-electron chi connectivity index (χ1n) is 6.16. The van der Waals surface area contributed by atoms with Gasteiger partial charge in [-0.25, -0.2) is 0 Å². The molecule has 0 bridgehead atoms. The van der Waals surface area contributed by atoms with Crippen LogP contribution in [-0.4, -0.2) is 18.8 Å². The summed E-state index contributed by atoms with van der Waals surface area (Å²) in [7, 11) is 0. The molecule has 0 unspecified atom stereocenters. The highest BCUT2D eigenvalue weighted by molar-refractivity contribution is 6.30. The number of hydrogen-bond donors (Lipinski definition) is 0. The van der Waals surface area contributed by atoms with Gasteiger partial charge in [0.2, 0.25) is 0 Å². The Labute approximate surface area is 124 Å². The Hall–Kier alpha value is -1.74. The van der Waals surface area contributed by atoms with E-state index in [1.165, 1.54) is 31.2 Å². The van der Waals surface area contributed by atoms with Crippen LogP contribution in [0.25, 0.3) is 0 Å². The number of ether oxygens (including phenoxy) is 1. The van der Waals surface area contributed by atoms with Gasteiger partial charge in [0.1, 0.15) is 5.41 Å². The first-order chi connectivity index (χ1) is 9.75. The van der Waals surface area contributed by atoms with Gasteiger partial charge >= 0.3 is 12.1 Å². The number of halogens is 4. The number of alkyl halides is 3. The van der Waals surface area contributed by atoms with Crippen molar-refractivity contribution in [1.82, 2.24) is 0 Å². The zero-order valence-corrected chi connectivity index (χ0v) is 11.8. The number of benzene rings is 1. The molecule has 1 fully saturated rings. The minimum atomic E-state index is -4.76. The van der Waals surface area contributed by atoms with Gasteiger partial charge in [0.15, 0.2) is 5.41 Å². The van der Waals surface area contributed by atoms with Crippen molar-refractivity contribution >= 4 is 17.6 Å². The van der Waals surface area contributed by atoms with Gasteiger partial charge < -0.3 is 4.74 Å². The molecule has 3 nitrogen and oxygen atoms in total. The van der Waals surface area contributed by atoms with Crippen molar-refractivity contribution in [2.24, 2.45) is 5.41 Å². The monoisotopic (exact) mass is 317 g/mol. The molecular formula is C14H11ClF3NO2. The van der Waals surface area contributed by atoms with E-state index in [9.17, 15) is 23.2 Å². The van der Waals surface area contributed by atoms with Crippen molar-refractivity contribution < 1.29 is 22.7 Å². The van der Waals surface area contributed by atoms with E-state index < -0.39 is 29.4 Å². The number of esters is 1. The van der Waals surface area contributed by atoms with Gasteiger partial charge in [-0.3, -0.25) is 4.79 Å². The number of nitrogens with zero attached hydrogens (tertiary/aromatic N) is 1. The van der Waals surface area contributed by atoms with Crippen molar-refractivity contribution in [1.29, 1.82) is 5.26 Å². The van der Waals surface area contributed by atoms with Crippen LogP contribution in [0.5, 0.6) is 0 Å². The first-order valence-corrected chi connectivity index (χ1v) is 6.54. The SMILES string of the molecule is CCOC(=O)[C@]1(C#N)C[C@]1(c1cccc(Cl)c1)C(F)(F)F. The minimum Gasteiger partial charge on any atom is -0.465 e. The molecule has 21 heavy (non-hydrogen) atoms. The van der Waals surface area contributed by atoms with E-state index in [2.05, 4.69) is 4.74 Å². The number of carbonyl (C=O) groups excluding carboxylic acids is 1. The van der Waals surface area contributed by atoms with E-state index in [0.717, 1.165) is 6.07 Å². The Morgan fingerprint density at radius 3 is 2.67 bits per heavy atom. The normalized spacial score (nSPS) is 27.8. The Morgan fingerprint density at radius 1 is 1.52 bits per heavy atom. The van der Waals surface area contributed by atoms with Crippen LogP contribution < -0.4 is 0 Å². The summed E-state index contributed by atoms with van der Waals surface area (Å²) >= 11 is 5.74. The Kier molecular flexibility index (Phi) is 3.66. The molecule has 0 saturated heterocycles. The van der Waals surface area contributed by atoms with Gasteiger partial charge in [0, 0.05) is 5.02 Å². The summed E-state index contributed by atoms with van der Waals surface area (Å²) in [5, 5.41) is 9.31. The van der Waals surface area contributed by atoms with Crippen LogP contribution in [0.1, 0.15) is 18.9 Å². The topological polar surface area (TPSA) is 50.1 Å². The lowest BCUT2D eigenvalue weighted by atomic mass is 9.86. The molecule has 112 valence electrons. The highest BCUT2D eigenvalue weighted by Gasteiger charge is 2.85. The molecule has 1 aromatic carbocycles. The molecule has 0 radical (unpaired) electrons. The molecule has 0 aliphatic heterocycles. The van der Waals surface area contributed by atoms with Crippen LogP contribution >= 0.6 is 11.6 Å². The van der Waals surface area contributed by atoms with Gasteiger partial charge in [-0.05, 0) is 31.0 Å². The quantitative estimate of drug-likeness (QED) is 0.800. The van der Waals surface area contributed by atoms with Crippen molar-refractivity contribution in [3.63, 3.8) is 0 Å². The molecular weight excluding hydrogens is 307 g/mol. The van der Waals surface area contributed by atoms with Gasteiger partial charge in [-0.15, -0.1) is 0 Å². The summed E-state index contributed by atoms with van der Waals surface area (Å²) in [6.45, 7) is 1.38. The van der Waals surface area contributed by atoms with Crippen LogP contribution in [0.2, 0.25) is 5.02 Å². The third kappa shape index (κ3) is 2.07. The van der Waals surface area contributed by atoms with Gasteiger partial charge in [-0.1, -0.05) is 23.7 Å². The van der Waals surface area contributed by atoms with Crippen LogP contribution in [0.4, 0.5) is 13.2 Å². The lowest BCUT2D eigenvalue weighted by Crippen LogP contribution is -2.38.